The van der Waals surface area contributed by atoms with E-state index < -0.39 is 0 Å². The fourth-order valence-corrected chi connectivity index (χ4v) is 1.83. The summed E-state index contributed by atoms with van der Waals surface area (Å²) < 4.78 is 11.1. The van der Waals surface area contributed by atoms with Gasteiger partial charge < -0.3 is 9.47 Å². The Kier molecular flexibility index (Phi) is 3.62. The molecule has 0 bridgehead atoms. The van der Waals surface area contributed by atoms with E-state index in [4.69, 9.17) is 9.47 Å². The van der Waals surface area contributed by atoms with E-state index in [1.54, 1.807) is 0 Å². The lowest BCUT2D eigenvalue weighted by atomic mass is 10.0. The van der Waals surface area contributed by atoms with Crippen LogP contribution in [0.5, 0.6) is 5.75 Å². The summed E-state index contributed by atoms with van der Waals surface area (Å²) in [5.74, 6) is 1.65. The third kappa shape index (κ3) is 3.24. The minimum Gasteiger partial charge on any atom is -0.493 e. The third-order valence-corrected chi connectivity index (χ3v) is 2.82. The molecule has 1 aromatic rings. The maximum absolute atomic E-state index is 5.77. The van der Waals surface area contributed by atoms with Crippen molar-refractivity contribution in [3.8, 4) is 5.75 Å². The maximum atomic E-state index is 5.77. The zero-order valence-electron chi connectivity index (χ0n) is 9.24. The van der Waals surface area contributed by atoms with E-state index in [9.17, 15) is 0 Å². The summed E-state index contributed by atoms with van der Waals surface area (Å²) in [5.41, 5.74) is 1.25. The Morgan fingerprint density at radius 1 is 1.33 bits per heavy atom. The molecule has 2 heteroatoms. The van der Waals surface area contributed by atoms with Crippen LogP contribution in [0.3, 0.4) is 0 Å². The molecule has 0 N–H and O–H groups in total. The number of benzene rings is 1. The van der Waals surface area contributed by atoms with Crippen molar-refractivity contribution < 1.29 is 9.47 Å². The Hall–Kier alpha value is -1.02. The molecule has 0 spiro atoms. The fraction of sp³-hybridized carbons (Fsp3) is 0.538. The standard InChI is InChI=1S/C13H18O2/c1-11-3-2-4-13(9-11)15-10-12-5-7-14-8-6-12/h2-4,9,12H,5-8,10H2,1H3. The van der Waals surface area contributed by atoms with Gasteiger partial charge in [0, 0.05) is 13.2 Å². The molecule has 0 radical (unpaired) electrons. The van der Waals surface area contributed by atoms with Crippen LogP contribution in [0.25, 0.3) is 0 Å². The zero-order chi connectivity index (χ0) is 10.5. The maximum Gasteiger partial charge on any atom is 0.119 e. The van der Waals surface area contributed by atoms with Crippen LogP contribution in [0.2, 0.25) is 0 Å². The Morgan fingerprint density at radius 3 is 2.87 bits per heavy atom. The van der Waals surface area contributed by atoms with Crippen molar-refractivity contribution in [1.29, 1.82) is 0 Å². The summed E-state index contributed by atoms with van der Waals surface area (Å²) in [6.45, 7) is 4.69. The monoisotopic (exact) mass is 206 g/mol. The second kappa shape index (κ2) is 5.17. The normalized spacial score (nSPS) is 17.7. The number of hydrogen-bond donors (Lipinski definition) is 0. The van der Waals surface area contributed by atoms with Crippen molar-refractivity contribution in [3.63, 3.8) is 0 Å². The molecule has 82 valence electrons. The van der Waals surface area contributed by atoms with E-state index in [-0.39, 0.29) is 0 Å². The summed E-state index contributed by atoms with van der Waals surface area (Å²) >= 11 is 0. The fourth-order valence-electron chi connectivity index (χ4n) is 1.83. The second-order valence-electron chi connectivity index (χ2n) is 4.18. The van der Waals surface area contributed by atoms with Gasteiger partial charge in [-0.2, -0.15) is 0 Å². The molecule has 0 unspecified atom stereocenters. The van der Waals surface area contributed by atoms with E-state index in [1.165, 1.54) is 5.56 Å². The van der Waals surface area contributed by atoms with Crippen LogP contribution in [0.1, 0.15) is 18.4 Å². The molecule has 0 atom stereocenters. The predicted molar refractivity (Wildman–Crippen MR) is 60.2 cm³/mol. The van der Waals surface area contributed by atoms with Crippen LogP contribution in [-0.4, -0.2) is 19.8 Å². The highest BCUT2D eigenvalue weighted by Crippen LogP contribution is 2.18. The van der Waals surface area contributed by atoms with Crippen molar-refractivity contribution in [2.75, 3.05) is 19.8 Å². The van der Waals surface area contributed by atoms with Gasteiger partial charge >= 0.3 is 0 Å². The van der Waals surface area contributed by atoms with Crippen LogP contribution in [0.4, 0.5) is 0 Å². The number of hydrogen-bond acceptors (Lipinski definition) is 2. The van der Waals surface area contributed by atoms with Crippen LogP contribution >= 0.6 is 0 Å². The molecule has 2 nitrogen and oxygen atoms in total. The topological polar surface area (TPSA) is 18.5 Å². The minimum absolute atomic E-state index is 0.666. The molecule has 0 aromatic heterocycles. The Bertz CT molecular complexity index is 303. The first-order valence-electron chi connectivity index (χ1n) is 5.62. The van der Waals surface area contributed by atoms with Gasteiger partial charge in [-0.25, -0.2) is 0 Å². The van der Waals surface area contributed by atoms with Gasteiger partial charge in [0.05, 0.1) is 6.61 Å². The molecule has 1 aromatic carbocycles. The minimum atomic E-state index is 0.666. The molecular formula is C13H18O2. The lowest BCUT2D eigenvalue weighted by Gasteiger charge is -2.22. The highest BCUT2D eigenvalue weighted by molar-refractivity contribution is 5.27. The van der Waals surface area contributed by atoms with E-state index >= 15 is 0 Å². The Balaban J connectivity index is 1.81. The van der Waals surface area contributed by atoms with E-state index in [1.807, 2.05) is 12.1 Å². The second-order valence-corrected chi connectivity index (χ2v) is 4.18. The van der Waals surface area contributed by atoms with Crippen LogP contribution < -0.4 is 4.74 Å². The SMILES string of the molecule is Cc1cccc(OCC2CCOCC2)c1. The molecule has 1 aliphatic rings. The molecule has 1 heterocycles. The van der Waals surface area contributed by atoms with Gasteiger partial charge in [-0.3, -0.25) is 0 Å². The molecule has 1 aliphatic heterocycles. The first-order chi connectivity index (χ1) is 7.34. The third-order valence-electron chi connectivity index (χ3n) is 2.82. The van der Waals surface area contributed by atoms with Gasteiger partial charge in [-0.15, -0.1) is 0 Å². The van der Waals surface area contributed by atoms with Gasteiger partial charge in [0.25, 0.3) is 0 Å². The summed E-state index contributed by atoms with van der Waals surface area (Å²) in [4.78, 5) is 0. The van der Waals surface area contributed by atoms with E-state index in [2.05, 4.69) is 19.1 Å². The van der Waals surface area contributed by atoms with Crippen LogP contribution in [0, 0.1) is 12.8 Å². The lowest BCUT2D eigenvalue weighted by molar-refractivity contribution is 0.0497. The van der Waals surface area contributed by atoms with Crippen molar-refractivity contribution in [2.45, 2.75) is 19.8 Å². The van der Waals surface area contributed by atoms with Crippen molar-refractivity contribution in [2.24, 2.45) is 5.92 Å². The van der Waals surface area contributed by atoms with Crippen LogP contribution in [-0.2, 0) is 4.74 Å². The van der Waals surface area contributed by atoms with Crippen molar-refractivity contribution >= 4 is 0 Å². The quantitative estimate of drug-likeness (QED) is 0.757. The molecule has 2 rings (SSSR count). The average Bonchev–Trinajstić information content (AvgIpc) is 2.28. The number of rotatable bonds is 3. The van der Waals surface area contributed by atoms with Gasteiger partial charge in [0.2, 0.25) is 0 Å². The van der Waals surface area contributed by atoms with Gasteiger partial charge in [0.15, 0.2) is 0 Å². The summed E-state index contributed by atoms with van der Waals surface area (Å²) in [7, 11) is 0. The first kappa shape index (κ1) is 10.5. The largest absolute Gasteiger partial charge is 0.493 e. The molecule has 1 fully saturated rings. The predicted octanol–water partition coefficient (Wildman–Crippen LogP) is 2.80. The average molecular weight is 206 g/mol. The van der Waals surface area contributed by atoms with Crippen LogP contribution in [0.15, 0.2) is 24.3 Å². The molecule has 0 amide bonds. The molecule has 0 saturated carbocycles. The van der Waals surface area contributed by atoms with Gasteiger partial charge in [0.1, 0.15) is 5.75 Å². The first-order valence-corrected chi connectivity index (χ1v) is 5.62. The van der Waals surface area contributed by atoms with Gasteiger partial charge in [-0.1, -0.05) is 12.1 Å². The van der Waals surface area contributed by atoms with E-state index in [0.29, 0.717) is 5.92 Å². The number of aryl methyl sites for hydroxylation is 1. The number of ether oxygens (including phenoxy) is 2. The summed E-state index contributed by atoms with van der Waals surface area (Å²) in [5, 5.41) is 0. The Morgan fingerprint density at radius 2 is 2.13 bits per heavy atom. The summed E-state index contributed by atoms with van der Waals surface area (Å²) in [6.07, 6.45) is 2.26. The molecule has 1 saturated heterocycles. The molecule has 15 heavy (non-hydrogen) atoms. The summed E-state index contributed by atoms with van der Waals surface area (Å²) in [6, 6.07) is 8.22. The molecular weight excluding hydrogens is 188 g/mol. The van der Waals surface area contributed by atoms with Crippen molar-refractivity contribution in [1.82, 2.24) is 0 Å². The Labute approximate surface area is 91.2 Å². The van der Waals surface area contributed by atoms with E-state index in [0.717, 1.165) is 38.4 Å². The lowest BCUT2D eigenvalue weighted by Crippen LogP contribution is -2.21. The molecule has 0 aliphatic carbocycles. The smallest absolute Gasteiger partial charge is 0.119 e. The highest BCUT2D eigenvalue weighted by atomic mass is 16.5. The van der Waals surface area contributed by atoms with Gasteiger partial charge in [-0.05, 0) is 43.4 Å². The highest BCUT2D eigenvalue weighted by Gasteiger charge is 2.14. The zero-order valence-corrected chi connectivity index (χ0v) is 9.24. The van der Waals surface area contributed by atoms with Crippen molar-refractivity contribution in [3.05, 3.63) is 29.8 Å².